The van der Waals surface area contributed by atoms with Gasteiger partial charge in [-0.05, 0) is 12.8 Å². The number of nitrogens with one attached hydrogen (secondary N) is 1. The standard InChI is InChI=1S/C11H11N3O2S2/c15-10(16)7-1-2-8-9(7)14-11(18-8)12-3-6-4-17-5-13-6/h4-5,7H,1-3H2,(H,12,14)(H,15,16). The van der Waals surface area contributed by atoms with Gasteiger partial charge in [-0.1, -0.05) is 0 Å². The highest BCUT2D eigenvalue weighted by Crippen LogP contribution is 2.38. The number of thiazole rings is 2. The fourth-order valence-electron chi connectivity index (χ4n) is 2.03. The fourth-order valence-corrected chi connectivity index (χ4v) is 3.63. The maximum atomic E-state index is 11.1. The smallest absolute Gasteiger partial charge is 0.312 e. The van der Waals surface area contributed by atoms with Gasteiger partial charge in [-0.15, -0.1) is 22.7 Å². The molecule has 3 rings (SSSR count). The average Bonchev–Trinajstić information content (AvgIpc) is 3.02. The number of hydrogen-bond donors (Lipinski definition) is 2. The van der Waals surface area contributed by atoms with E-state index < -0.39 is 11.9 Å². The second kappa shape index (κ2) is 4.66. The zero-order valence-corrected chi connectivity index (χ0v) is 11.1. The van der Waals surface area contributed by atoms with Crippen molar-refractivity contribution in [1.29, 1.82) is 0 Å². The van der Waals surface area contributed by atoms with Crippen LogP contribution in [0.5, 0.6) is 0 Å². The Morgan fingerprint density at radius 1 is 1.61 bits per heavy atom. The number of rotatable bonds is 4. The Kier molecular flexibility index (Phi) is 3.00. The van der Waals surface area contributed by atoms with Crippen molar-refractivity contribution in [2.24, 2.45) is 0 Å². The van der Waals surface area contributed by atoms with Crippen molar-refractivity contribution in [1.82, 2.24) is 9.97 Å². The zero-order valence-electron chi connectivity index (χ0n) is 9.42. The molecule has 2 heterocycles. The minimum atomic E-state index is -0.773. The quantitative estimate of drug-likeness (QED) is 0.899. The number of carboxylic acids is 1. The lowest BCUT2D eigenvalue weighted by atomic mass is 10.1. The van der Waals surface area contributed by atoms with Crippen LogP contribution < -0.4 is 5.32 Å². The number of carbonyl (C=O) groups is 1. The summed E-state index contributed by atoms with van der Waals surface area (Å²) in [5.41, 5.74) is 3.51. The molecule has 2 aromatic rings. The molecule has 0 bridgehead atoms. The second-order valence-corrected chi connectivity index (χ2v) is 5.89. The number of carboxylic acid groups (broad SMARTS) is 1. The van der Waals surface area contributed by atoms with Gasteiger partial charge in [-0.25, -0.2) is 9.97 Å². The molecule has 2 aromatic heterocycles. The Labute approximate surface area is 112 Å². The van der Waals surface area contributed by atoms with Gasteiger partial charge in [0.1, 0.15) is 5.92 Å². The Hall–Kier alpha value is -1.47. The van der Waals surface area contributed by atoms with E-state index >= 15 is 0 Å². The fraction of sp³-hybridized carbons (Fsp3) is 0.364. The summed E-state index contributed by atoms with van der Waals surface area (Å²) in [4.78, 5) is 20.7. The van der Waals surface area contributed by atoms with Gasteiger partial charge < -0.3 is 10.4 Å². The molecule has 0 aromatic carbocycles. The van der Waals surface area contributed by atoms with E-state index in [0.717, 1.165) is 27.8 Å². The van der Waals surface area contributed by atoms with E-state index in [9.17, 15) is 4.79 Å². The number of fused-ring (bicyclic) bond motifs is 1. The van der Waals surface area contributed by atoms with Gasteiger partial charge in [-0.2, -0.15) is 0 Å². The largest absolute Gasteiger partial charge is 0.481 e. The molecule has 0 spiro atoms. The monoisotopic (exact) mass is 281 g/mol. The van der Waals surface area contributed by atoms with E-state index in [4.69, 9.17) is 5.11 Å². The van der Waals surface area contributed by atoms with Gasteiger partial charge in [0.05, 0.1) is 23.4 Å². The van der Waals surface area contributed by atoms with Gasteiger partial charge in [0.25, 0.3) is 0 Å². The van der Waals surface area contributed by atoms with Crippen molar-refractivity contribution in [3.63, 3.8) is 0 Å². The highest BCUT2D eigenvalue weighted by Gasteiger charge is 2.32. The lowest BCUT2D eigenvalue weighted by molar-refractivity contribution is -0.138. The first-order valence-electron chi connectivity index (χ1n) is 5.57. The number of anilines is 1. The van der Waals surface area contributed by atoms with Crippen LogP contribution in [0, 0.1) is 0 Å². The molecular weight excluding hydrogens is 270 g/mol. The first-order chi connectivity index (χ1) is 8.74. The maximum absolute atomic E-state index is 11.1. The molecule has 18 heavy (non-hydrogen) atoms. The van der Waals surface area contributed by atoms with Crippen molar-refractivity contribution >= 4 is 33.8 Å². The third-order valence-corrected chi connectivity index (χ3v) is 4.64. The molecule has 2 N–H and O–H groups in total. The molecule has 1 unspecified atom stereocenters. The Morgan fingerprint density at radius 2 is 2.50 bits per heavy atom. The van der Waals surface area contributed by atoms with E-state index in [2.05, 4.69) is 15.3 Å². The molecule has 1 aliphatic carbocycles. The van der Waals surface area contributed by atoms with Crippen LogP contribution in [0.2, 0.25) is 0 Å². The van der Waals surface area contributed by atoms with Gasteiger partial charge in [-0.3, -0.25) is 4.79 Å². The van der Waals surface area contributed by atoms with Gasteiger partial charge in [0.15, 0.2) is 5.13 Å². The molecule has 0 aliphatic heterocycles. The van der Waals surface area contributed by atoms with Crippen LogP contribution in [0.15, 0.2) is 10.9 Å². The number of nitrogens with zero attached hydrogens (tertiary/aromatic N) is 2. The van der Waals surface area contributed by atoms with Crippen LogP contribution in [0.1, 0.15) is 28.6 Å². The first kappa shape index (κ1) is 11.6. The molecule has 0 amide bonds. The number of hydrogen-bond acceptors (Lipinski definition) is 6. The normalized spacial score (nSPS) is 17.7. The summed E-state index contributed by atoms with van der Waals surface area (Å²) < 4.78 is 0. The summed E-state index contributed by atoms with van der Waals surface area (Å²) in [5, 5.41) is 15.1. The predicted octanol–water partition coefficient (Wildman–Crippen LogP) is 2.33. The van der Waals surface area contributed by atoms with E-state index in [1.54, 1.807) is 28.2 Å². The summed E-state index contributed by atoms with van der Waals surface area (Å²) in [7, 11) is 0. The van der Waals surface area contributed by atoms with Crippen molar-refractivity contribution in [2.45, 2.75) is 25.3 Å². The zero-order chi connectivity index (χ0) is 12.5. The minimum absolute atomic E-state index is 0.425. The van der Waals surface area contributed by atoms with E-state index in [0.29, 0.717) is 13.0 Å². The van der Waals surface area contributed by atoms with E-state index in [1.165, 1.54) is 0 Å². The Morgan fingerprint density at radius 3 is 3.22 bits per heavy atom. The predicted molar refractivity (Wildman–Crippen MR) is 70.3 cm³/mol. The third kappa shape index (κ3) is 2.11. The summed E-state index contributed by atoms with van der Waals surface area (Å²) in [6, 6.07) is 0. The van der Waals surface area contributed by atoms with Crippen molar-refractivity contribution < 1.29 is 9.90 Å². The number of aryl methyl sites for hydroxylation is 1. The molecule has 1 atom stereocenters. The summed E-state index contributed by atoms with van der Waals surface area (Å²) >= 11 is 3.11. The van der Waals surface area contributed by atoms with Crippen LogP contribution in [-0.4, -0.2) is 21.0 Å². The van der Waals surface area contributed by atoms with E-state index in [-0.39, 0.29) is 0 Å². The van der Waals surface area contributed by atoms with E-state index in [1.807, 2.05) is 5.38 Å². The average molecular weight is 281 g/mol. The third-order valence-electron chi connectivity index (χ3n) is 2.92. The molecule has 5 nitrogen and oxygen atoms in total. The summed E-state index contributed by atoms with van der Waals surface area (Å²) in [6.07, 6.45) is 1.50. The molecule has 7 heteroatoms. The lowest BCUT2D eigenvalue weighted by Gasteiger charge is -2.02. The SMILES string of the molecule is O=C(O)C1CCc2sc(NCc3cscn3)nc21. The molecule has 0 radical (unpaired) electrons. The maximum Gasteiger partial charge on any atom is 0.312 e. The summed E-state index contributed by atoms with van der Waals surface area (Å²) in [6.45, 7) is 0.633. The van der Waals surface area contributed by atoms with Crippen molar-refractivity contribution in [2.75, 3.05) is 5.32 Å². The highest BCUT2D eigenvalue weighted by atomic mass is 32.1. The second-order valence-electron chi connectivity index (χ2n) is 4.09. The number of aromatic nitrogens is 2. The highest BCUT2D eigenvalue weighted by molar-refractivity contribution is 7.15. The van der Waals surface area contributed by atoms with Crippen molar-refractivity contribution in [3.8, 4) is 0 Å². The lowest BCUT2D eigenvalue weighted by Crippen LogP contribution is -2.09. The van der Waals surface area contributed by atoms with Crippen LogP contribution in [0.25, 0.3) is 0 Å². The van der Waals surface area contributed by atoms with Gasteiger partial charge in [0.2, 0.25) is 0 Å². The van der Waals surface area contributed by atoms with Gasteiger partial charge >= 0.3 is 5.97 Å². The Bertz CT molecular complexity index is 565. The van der Waals surface area contributed by atoms with Crippen molar-refractivity contribution in [3.05, 3.63) is 27.2 Å². The molecular formula is C11H11N3O2S2. The van der Waals surface area contributed by atoms with Crippen LogP contribution in [-0.2, 0) is 17.8 Å². The van der Waals surface area contributed by atoms with Crippen LogP contribution in [0.3, 0.4) is 0 Å². The molecule has 0 fully saturated rings. The summed E-state index contributed by atoms with van der Waals surface area (Å²) in [5.74, 6) is -1.20. The molecule has 0 saturated heterocycles. The molecule has 1 aliphatic rings. The molecule has 94 valence electrons. The van der Waals surface area contributed by atoms with Crippen LogP contribution >= 0.6 is 22.7 Å². The van der Waals surface area contributed by atoms with Gasteiger partial charge in [0, 0.05) is 10.3 Å². The molecule has 0 saturated carbocycles. The number of aliphatic carboxylic acids is 1. The first-order valence-corrected chi connectivity index (χ1v) is 7.33. The topological polar surface area (TPSA) is 75.1 Å². The Balaban J connectivity index is 1.72. The minimum Gasteiger partial charge on any atom is -0.481 e. The van der Waals surface area contributed by atoms with Crippen LogP contribution in [0.4, 0.5) is 5.13 Å².